The molecule has 138 valence electrons. The van der Waals surface area contributed by atoms with Gasteiger partial charge in [0, 0.05) is 56.0 Å². The second-order valence-corrected chi connectivity index (χ2v) is 8.12. The fourth-order valence-electron chi connectivity index (χ4n) is 5.59. The molecule has 1 aromatic carbocycles. The monoisotopic (exact) mass is 358 g/mol. The molecule has 6 rings (SSSR count). The molecule has 4 nitrogen and oxygen atoms in total. The predicted octanol–water partition coefficient (Wildman–Crippen LogP) is 2.76. The van der Waals surface area contributed by atoms with Crippen LogP contribution in [0.25, 0.3) is 0 Å². The number of hydrogen-bond donors (Lipinski definition) is 0. The number of aromatic nitrogens is 2. The molecular formula is C20H24F2N4. The summed E-state index contributed by atoms with van der Waals surface area (Å²) in [6, 6.07) is 4.86. The van der Waals surface area contributed by atoms with Gasteiger partial charge < -0.3 is 0 Å². The van der Waals surface area contributed by atoms with Gasteiger partial charge in [0.05, 0.1) is 6.20 Å². The number of benzene rings is 1. The van der Waals surface area contributed by atoms with Crippen LogP contribution < -0.4 is 0 Å². The second-order valence-electron chi connectivity index (χ2n) is 8.12. The molecule has 4 fully saturated rings. The Morgan fingerprint density at radius 1 is 1.08 bits per heavy atom. The molecule has 0 aliphatic carbocycles. The predicted molar refractivity (Wildman–Crippen MR) is 94.6 cm³/mol. The molecule has 0 unspecified atom stereocenters. The SMILES string of the molecule is Cn1cc(CN2C[C@@H](c3cc(F)cc(F)c3)[C@@H]3[C@H]2C2CCN3CC2)cn1. The lowest BCUT2D eigenvalue weighted by Crippen LogP contribution is -2.59. The molecule has 2 bridgehead atoms. The number of aryl methyl sites for hydroxylation is 1. The van der Waals surface area contributed by atoms with E-state index >= 15 is 0 Å². The zero-order valence-corrected chi connectivity index (χ0v) is 15.0. The zero-order valence-electron chi connectivity index (χ0n) is 15.0. The summed E-state index contributed by atoms with van der Waals surface area (Å²) in [5, 5.41) is 4.29. The number of nitrogens with zero attached hydrogens (tertiary/aromatic N) is 4. The molecule has 0 radical (unpaired) electrons. The molecule has 0 N–H and O–H groups in total. The maximum Gasteiger partial charge on any atom is 0.126 e. The molecule has 4 aliphatic rings. The van der Waals surface area contributed by atoms with Crippen LogP contribution in [0.2, 0.25) is 0 Å². The van der Waals surface area contributed by atoms with Crippen molar-refractivity contribution < 1.29 is 8.78 Å². The highest BCUT2D eigenvalue weighted by Gasteiger charge is 2.53. The van der Waals surface area contributed by atoms with E-state index in [-0.39, 0.29) is 5.92 Å². The molecule has 3 atom stereocenters. The van der Waals surface area contributed by atoms with E-state index in [1.54, 1.807) is 0 Å². The Bertz CT molecular complexity index is 792. The van der Waals surface area contributed by atoms with Crippen molar-refractivity contribution in [2.24, 2.45) is 13.0 Å². The van der Waals surface area contributed by atoms with Gasteiger partial charge in [-0.2, -0.15) is 5.10 Å². The van der Waals surface area contributed by atoms with Crippen LogP contribution in [0.3, 0.4) is 0 Å². The van der Waals surface area contributed by atoms with Crippen LogP contribution in [0.15, 0.2) is 30.6 Å². The Labute approximate surface area is 152 Å². The van der Waals surface area contributed by atoms with Gasteiger partial charge in [-0.05, 0) is 49.5 Å². The minimum absolute atomic E-state index is 0.157. The van der Waals surface area contributed by atoms with Crippen molar-refractivity contribution in [3.8, 4) is 0 Å². The van der Waals surface area contributed by atoms with Crippen LogP contribution in [0, 0.1) is 17.6 Å². The quantitative estimate of drug-likeness (QED) is 0.843. The first-order valence-electron chi connectivity index (χ1n) is 9.50. The van der Waals surface area contributed by atoms with E-state index in [1.165, 1.54) is 30.5 Å². The van der Waals surface area contributed by atoms with Crippen molar-refractivity contribution in [3.63, 3.8) is 0 Å². The molecule has 6 heteroatoms. The van der Waals surface area contributed by atoms with Gasteiger partial charge in [-0.15, -0.1) is 0 Å². The Morgan fingerprint density at radius 3 is 2.46 bits per heavy atom. The van der Waals surface area contributed by atoms with Gasteiger partial charge >= 0.3 is 0 Å². The number of piperidine rings is 3. The lowest BCUT2D eigenvalue weighted by Gasteiger charge is -2.51. The summed E-state index contributed by atoms with van der Waals surface area (Å²) in [6.07, 6.45) is 6.45. The van der Waals surface area contributed by atoms with Crippen LogP contribution in [-0.4, -0.2) is 51.3 Å². The number of rotatable bonds is 3. The van der Waals surface area contributed by atoms with Crippen molar-refractivity contribution in [3.05, 3.63) is 53.4 Å². The lowest BCUT2D eigenvalue weighted by molar-refractivity contribution is -0.00871. The third-order valence-electron chi connectivity index (χ3n) is 6.55. The summed E-state index contributed by atoms with van der Waals surface area (Å²) in [4.78, 5) is 5.09. The van der Waals surface area contributed by atoms with Crippen molar-refractivity contribution in [2.45, 2.75) is 37.4 Å². The average Bonchev–Trinajstić information content (AvgIpc) is 3.21. The van der Waals surface area contributed by atoms with Crippen LogP contribution in [0.1, 0.15) is 29.9 Å². The molecule has 0 saturated carbocycles. The molecule has 1 aromatic heterocycles. The molecule has 0 spiro atoms. The van der Waals surface area contributed by atoms with E-state index < -0.39 is 11.6 Å². The van der Waals surface area contributed by atoms with Crippen LogP contribution >= 0.6 is 0 Å². The highest BCUT2D eigenvalue weighted by atomic mass is 19.1. The van der Waals surface area contributed by atoms with Crippen molar-refractivity contribution in [1.82, 2.24) is 19.6 Å². The number of hydrogen-bond acceptors (Lipinski definition) is 3. The summed E-state index contributed by atoms with van der Waals surface area (Å²) in [5.74, 6) is -0.105. The van der Waals surface area contributed by atoms with Gasteiger partial charge in [-0.3, -0.25) is 14.5 Å². The fourth-order valence-corrected chi connectivity index (χ4v) is 5.59. The van der Waals surface area contributed by atoms with Crippen LogP contribution in [0.4, 0.5) is 8.78 Å². The Kier molecular flexibility index (Phi) is 3.87. The van der Waals surface area contributed by atoms with Crippen molar-refractivity contribution >= 4 is 0 Å². The minimum Gasteiger partial charge on any atom is -0.298 e. The molecule has 0 amide bonds. The summed E-state index contributed by atoms with van der Waals surface area (Å²) in [6.45, 7) is 3.93. The van der Waals surface area contributed by atoms with Crippen LogP contribution in [-0.2, 0) is 13.6 Å². The van der Waals surface area contributed by atoms with Gasteiger partial charge in [0.2, 0.25) is 0 Å². The minimum atomic E-state index is -0.474. The van der Waals surface area contributed by atoms with Gasteiger partial charge in [0.25, 0.3) is 0 Å². The maximum atomic E-state index is 13.9. The van der Waals surface area contributed by atoms with Crippen molar-refractivity contribution in [1.29, 1.82) is 0 Å². The summed E-state index contributed by atoms with van der Waals surface area (Å²) >= 11 is 0. The average molecular weight is 358 g/mol. The fraction of sp³-hybridized carbons (Fsp3) is 0.550. The third kappa shape index (κ3) is 2.67. The zero-order chi connectivity index (χ0) is 17.8. The molecular weight excluding hydrogens is 334 g/mol. The molecule has 4 saturated heterocycles. The second kappa shape index (κ2) is 6.13. The smallest absolute Gasteiger partial charge is 0.126 e. The van der Waals surface area contributed by atoms with Crippen LogP contribution in [0.5, 0.6) is 0 Å². The van der Waals surface area contributed by atoms with Gasteiger partial charge in [-0.1, -0.05) is 0 Å². The number of halogens is 2. The normalized spacial score (nSPS) is 33.6. The molecule has 4 aliphatic heterocycles. The van der Waals surface area contributed by atoms with Gasteiger partial charge in [0.15, 0.2) is 0 Å². The van der Waals surface area contributed by atoms with E-state index in [1.807, 2.05) is 17.9 Å². The highest BCUT2D eigenvalue weighted by molar-refractivity contribution is 5.28. The van der Waals surface area contributed by atoms with E-state index in [0.717, 1.165) is 37.8 Å². The highest BCUT2D eigenvalue weighted by Crippen LogP contribution is 2.47. The summed E-state index contributed by atoms with van der Waals surface area (Å²) < 4.78 is 29.6. The molecule has 2 aromatic rings. The van der Waals surface area contributed by atoms with E-state index in [9.17, 15) is 8.78 Å². The van der Waals surface area contributed by atoms with E-state index in [0.29, 0.717) is 18.0 Å². The first-order valence-corrected chi connectivity index (χ1v) is 9.50. The van der Waals surface area contributed by atoms with Crippen molar-refractivity contribution in [2.75, 3.05) is 19.6 Å². The first-order chi connectivity index (χ1) is 12.6. The van der Waals surface area contributed by atoms with E-state index in [2.05, 4.69) is 21.1 Å². The standard InChI is InChI=1S/C20H24F2N4/c1-24-10-13(9-23-24)11-26-12-18(15-6-16(21)8-17(22)7-15)20-19(26)14-2-4-25(20)5-3-14/h6-10,14,18-20H,2-5,11-12H2,1H3/t18-,19+,20+/m0/s1. The molecule has 26 heavy (non-hydrogen) atoms. The number of likely N-dealkylation sites (tertiary alicyclic amines) is 1. The summed E-state index contributed by atoms with van der Waals surface area (Å²) in [5.41, 5.74) is 2.01. The summed E-state index contributed by atoms with van der Waals surface area (Å²) in [7, 11) is 1.93. The van der Waals surface area contributed by atoms with Gasteiger partial charge in [0.1, 0.15) is 11.6 Å². The Balaban J connectivity index is 1.50. The van der Waals surface area contributed by atoms with Gasteiger partial charge in [-0.25, -0.2) is 8.78 Å². The molecule has 5 heterocycles. The van der Waals surface area contributed by atoms with E-state index in [4.69, 9.17) is 0 Å². The Hall–Kier alpha value is -1.79. The third-order valence-corrected chi connectivity index (χ3v) is 6.55. The Morgan fingerprint density at radius 2 is 1.81 bits per heavy atom. The number of fused-ring (bicyclic) bond motifs is 2. The maximum absolute atomic E-state index is 13.9. The lowest BCUT2D eigenvalue weighted by atomic mass is 9.75. The topological polar surface area (TPSA) is 24.3 Å². The first kappa shape index (κ1) is 16.4. The largest absolute Gasteiger partial charge is 0.298 e.